The number of anilines is 1. The first-order valence-corrected chi connectivity index (χ1v) is 9.55. The second-order valence-electron chi connectivity index (χ2n) is 8.08. The second-order valence-corrected chi connectivity index (χ2v) is 8.08. The molecule has 0 saturated carbocycles. The lowest BCUT2D eigenvalue weighted by Gasteiger charge is -2.24. The van der Waals surface area contributed by atoms with E-state index in [1.165, 1.54) is 0 Å². The van der Waals surface area contributed by atoms with Gasteiger partial charge in [-0.05, 0) is 45.4 Å². The molecule has 0 fully saturated rings. The summed E-state index contributed by atoms with van der Waals surface area (Å²) in [5.74, 6) is 1.43. The van der Waals surface area contributed by atoms with E-state index in [2.05, 4.69) is 31.1 Å². The topological polar surface area (TPSA) is 69.7 Å². The molecular weight excluding hydrogens is 368 g/mol. The SMILES string of the molecule is Cc1nc(NC(C)(C)C)c2ccc3c(c2c1C(=O)OCc1ccccc1)OCO3. The van der Waals surface area contributed by atoms with Crippen LogP contribution in [0.15, 0.2) is 42.5 Å². The minimum atomic E-state index is -0.435. The molecule has 0 radical (unpaired) electrons. The molecular formula is C23H24N2O4. The quantitative estimate of drug-likeness (QED) is 0.641. The molecule has 0 bridgehead atoms. The summed E-state index contributed by atoms with van der Waals surface area (Å²) in [4.78, 5) is 17.8. The Morgan fingerprint density at radius 3 is 2.62 bits per heavy atom. The van der Waals surface area contributed by atoms with Crippen LogP contribution in [0.25, 0.3) is 10.8 Å². The zero-order valence-corrected chi connectivity index (χ0v) is 17.0. The fourth-order valence-electron chi connectivity index (χ4n) is 3.38. The molecule has 2 aromatic carbocycles. The zero-order chi connectivity index (χ0) is 20.6. The maximum absolute atomic E-state index is 13.1. The average molecular weight is 392 g/mol. The van der Waals surface area contributed by atoms with Crippen molar-refractivity contribution in [2.45, 2.75) is 39.8 Å². The summed E-state index contributed by atoms with van der Waals surface area (Å²) in [5, 5.41) is 4.88. The van der Waals surface area contributed by atoms with Gasteiger partial charge >= 0.3 is 5.97 Å². The molecule has 29 heavy (non-hydrogen) atoms. The number of esters is 1. The third-order valence-corrected chi connectivity index (χ3v) is 4.60. The Balaban J connectivity index is 1.81. The van der Waals surface area contributed by atoms with Crippen molar-refractivity contribution in [1.29, 1.82) is 0 Å². The van der Waals surface area contributed by atoms with Crippen molar-refractivity contribution in [3.05, 3.63) is 59.3 Å². The largest absolute Gasteiger partial charge is 0.457 e. The van der Waals surface area contributed by atoms with Gasteiger partial charge in [0, 0.05) is 16.3 Å². The highest BCUT2D eigenvalue weighted by Gasteiger charge is 2.27. The Morgan fingerprint density at radius 2 is 1.90 bits per heavy atom. The first-order valence-electron chi connectivity index (χ1n) is 9.55. The minimum absolute atomic E-state index is 0.121. The minimum Gasteiger partial charge on any atom is -0.457 e. The van der Waals surface area contributed by atoms with Crippen LogP contribution >= 0.6 is 0 Å². The molecule has 1 aliphatic rings. The van der Waals surface area contributed by atoms with E-state index < -0.39 is 5.97 Å². The smallest absolute Gasteiger partial charge is 0.341 e. The monoisotopic (exact) mass is 392 g/mol. The molecule has 6 heteroatoms. The third-order valence-electron chi connectivity index (χ3n) is 4.60. The fraction of sp³-hybridized carbons (Fsp3) is 0.304. The van der Waals surface area contributed by atoms with Crippen LogP contribution in [0.4, 0.5) is 5.82 Å². The number of pyridine rings is 1. The van der Waals surface area contributed by atoms with Crippen molar-refractivity contribution in [3.63, 3.8) is 0 Å². The van der Waals surface area contributed by atoms with E-state index in [-0.39, 0.29) is 18.9 Å². The van der Waals surface area contributed by atoms with Crippen LogP contribution in [0.2, 0.25) is 0 Å². The third kappa shape index (κ3) is 3.83. The van der Waals surface area contributed by atoms with Crippen molar-refractivity contribution in [1.82, 2.24) is 4.98 Å². The number of benzene rings is 2. The van der Waals surface area contributed by atoms with Gasteiger partial charge in [-0.2, -0.15) is 0 Å². The molecule has 0 aliphatic carbocycles. The Hall–Kier alpha value is -3.28. The Labute approximate surface area is 169 Å². The maximum Gasteiger partial charge on any atom is 0.341 e. The predicted molar refractivity (Wildman–Crippen MR) is 112 cm³/mol. The summed E-state index contributed by atoms with van der Waals surface area (Å²) >= 11 is 0. The molecule has 0 atom stereocenters. The van der Waals surface area contributed by atoms with Crippen molar-refractivity contribution < 1.29 is 19.0 Å². The Bertz CT molecular complexity index is 1070. The molecule has 6 nitrogen and oxygen atoms in total. The lowest BCUT2D eigenvalue weighted by atomic mass is 10.0. The van der Waals surface area contributed by atoms with Crippen LogP contribution < -0.4 is 14.8 Å². The van der Waals surface area contributed by atoms with E-state index in [1.807, 2.05) is 49.4 Å². The van der Waals surface area contributed by atoms with E-state index in [0.29, 0.717) is 34.0 Å². The number of carbonyl (C=O) groups is 1. The van der Waals surface area contributed by atoms with Crippen LogP contribution in [0.3, 0.4) is 0 Å². The van der Waals surface area contributed by atoms with E-state index in [0.717, 1.165) is 10.9 Å². The fourth-order valence-corrected chi connectivity index (χ4v) is 3.38. The number of aromatic nitrogens is 1. The van der Waals surface area contributed by atoms with Gasteiger partial charge in [-0.15, -0.1) is 0 Å². The summed E-state index contributed by atoms with van der Waals surface area (Å²) in [5.41, 5.74) is 1.70. The molecule has 1 aliphatic heterocycles. The number of nitrogens with one attached hydrogen (secondary N) is 1. The number of carbonyl (C=O) groups excluding carboxylic acids is 1. The number of nitrogens with zero attached hydrogens (tertiary/aromatic N) is 1. The molecule has 0 spiro atoms. The van der Waals surface area contributed by atoms with E-state index >= 15 is 0 Å². The van der Waals surface area contributed by atoms with Gasteiger partial charge in [-0.1, -0.05) is 30.3 Å². The molecule has 0 amide bonds. The average Bonchev–Trinajstić information content (AvgIpc) is 3.15. The number of hydrogen-bond acceptors (Lipinski definition) is 6. The Kier molecular flexibility index (Phi) is 4.78. The Morgan fingerprint density at radius 1 is 1.14 bits per heavy atom. The van der Waals surface area contributed by atoms with Gasteiger partial charge in [-0.3, -0.25) is 0 Å². The molecule has 150 valence electrons. The van der Waals surface area contributed by atoms with Gasteiger partial charge in [-0.25, -0.2) is 9.78 Å². The highest BCUT2D eigenvalue weighted by molar-refractivity contribution is 6.12. The molecule has 2 heterocycles. The first kappa shape index (κ1) is 19.1. The van der Waals surface area contributed by atoms with Crippen molar-refractivity contribution in [2.75, 3.05) is 12.1 Å². The van der Waals surface area contributed by atoms with Crippen LogP contribution in [0.5, 0.6) is 11.5 Å². The lowest BCUT2D eigenvalue weighted by Crippen LogP contribution is -2.27. The van der Waals surface area contributed by atoms with Gasteiger partial charge in [0.05, 0.1) is 11.3 Å². The number of aryl methyl sites for hydroxylation is 1. The van der Waals surface area contributed by atoms with Gasteiger partial charge in [0.15, 0.2) is 11.5 Å². The summed E-state index contributed by atoms with van der Waals surface area (Å²) in [6, 6.07) is 13.3. The van der Waals surface area contributed by atoms with E-state index in [9.17, 15) is 4.79 Å². The number of ether oxygens (including phenoxy) is 3. The van der Waals surface area contributed by atoms with Crippen molar-refractivity contribution >= 4 is 22.6 Å². The summed E-state index contributed by atoms with van der Waals surface area (Å²) in [6.07, 6.45) is 0. The maximum atomic E-state index is 13.1. The summed E-state index contributed by atoms with van der Waals surface area (Å²) in [7, 11) is 0. The molecule has 0 saturated heterocycles. The second kappa shape index (κ2) is 7.28. The van der Waals surface area contributed by atoms with Crippen molar-refractivity contribution in [3.8, 4) is 11.5 Å². The predicted octanol–water partition coefficient (Wildman–Crippen LogP) is 4.84. The van der Waals surface area contributed by atoms with E-state index in [4.69, 9.17) is 14.2 Å². The van der Waals surface area contributed by atoms with Crippen LogP contribution in [-0.4, -0.2) is 23.3 Å². The van der Waals surface area contributed by atoms with Gasteiger partial charge in [0.1, 0.15) is 12.4 Å². The number of hydrogen-bond donors (Lipinski definition) is 1. The molecule has 4 rings (SSSR count). The van der Waals surface area contributed by atoms with Crippen LogP contribution in [0, 0.1) is 6.92 Å². The summed E-state index contributed by atoms with van der Waals surface area (Å²) < 4.78 is 16.9. The number of rotatable bonds is 4. The molecule has 3 aromatic rings. The van der Waals surface area contributed by atoms with Gasteiger partial charge in [0.2, 0.25) is 6.79 Å². The highest BCUT2D eigenvalue weighted by Crippen LogP contribution is 2.43. The van der Waals surface area contributed by atoms with Gasteiger partial charge in [0.25, 0.3) is 0 Å². The zero-order valence-electron chi connectivity index (χ0n) is 17.0. The van der Waals surface area contributed by atoms with E-state index in [1.54, 1.807) is 0 Å². The first-order chi connectivity index (χ1) is 13.8. The van der Waals surface area contributed by atoms with Crippen molar-refractivity contribution in [2.24, 2.45) is 0 Å². The molecule has 1 aromatic heterocycles. The molecule has 1 N–H and O–H groups in total. The highest BCUT2D eigenvalue weighted by atomic mass is 16.7. The lowest BCUT2D eigenvalue weighted by molar-refractivity contribution is 0.0473. The number of fused-ring (bicyclic) bond motifs is 3. The standard InChI is InChI=1S/C23H24N2O4/c1-14-18(22(26)27-12-15-8-6-5-7-9-15)19-16(21(24-14)25-23(2,3)4)10-11-17-20(19)29-13-28-17/h5-11H,12-13H2,1-4H3,(H,24,25). The van der Waals surface area contributed by atoms with Crippen LogP contribution in [0.1, 0.15) is 42.4 Å². The summed E-state index contributed by atoms with van der Waals surface area (Å²) in [6.45, 7) is 8.30. The van der Waals surface area contributed by atoms with Crippen LogP contribution in [-0.2, 0) is 11.3 Å². The van der Waals surface area contributed by atoms with Gasteiger partial charge < -0.3 is 19.5 Å². The molecule has 0 unspecified atom stereocenters. The normalized spacial score (nSPS) is 12.8.